The number of nitrogens with zero attached hydrogens (tertiary/aromatic N) is 4. The van der Waals surface area contributed by atoms with E-state index in [2.05, 4.69) is 28.3 Å². The Kier molecular flexibility index (Phi) is 3.70. The summed E-state index contributed by atoms with van der Waals surface area (Å²) >= 11 is 5.34. The molecular weight excluding hydrogens is 282 g/mol. The van der Waals surface area contributed by atoms with E-state index in [1.165, 1.54) is 0 Å². The van der Waals surface area contributed by atoms with Gasteiger partial charge in [-0.25, -0.2) is 0 Å². The van der Waals surface area contributed by atoms with Crippen molar-refractivity contribution in [2.24, 2.45) is 0 Å². The summed E-state index contributed by atoms with van der Waals surface area (Å²) in [6.45, 7) is 4.85. The van der Waals surface area contributed by atoms with Crippen molar-refractivity contribution in [1.29, 1.82) is 0 Å². The van der Waals surface area contributed by atoms with Gasteiger partial charge in [0.05, 0.1) is 5.69 Å². The minimum absolute atomic E-state index is 0.615. The molecule has 108 valence electrons. The summed E-state index contributed by atoms with van der Waals surface area (Å²) in [5, 5.41) is 11.7. The van der Waals surface area contributed by atoms with Gasteiger partial charge in [0.2, 0.25) is 0 Å². The Morgan fingerprint density at radius 2 is 1.95 bits per heavy atom. The van der Waals surface area contributed by atoms with Crippen LogP contribution in [-0.2, 0) is 13.0 Å². The SMILES string of the molecule is Cc1cc(C)n(CCc2n[nH]c(=S)n2-c2ccccc2)n1. The zero-order chi connectivity index (χ0) is 14.8. The first-order valence-corrected chi connectivity index (χ1v) is 7.29. The molecule has 0 spiro atoms. The predicted molar refractivity (Wildman–Crippen MR) is 84.2 cm³/mol. The van der Waals surface area contributed by atoms with Crippen LogP contribution in [0.3, 0.4) is 0 Å². The summed E-state index contributed by atoms with van der Waals surface area (Å²) in [5.74, 6) is 0.916. The Labute approximate surface area is 128 Å². The van der Waals surface area contributed by atoms with E-state index in [0.717, 1.165) is 35.9 Å². The first-order valence-electron chi connectivity index (χ1n) is 6.88. The lowest BCUT2D eigenvalue weighted by Gasteiger charge is -2.07. The molecule has 3 rings (SSSR count). The quantitative estimate of drug-likeness (QED) is 0.754. The standard InChI is InChI=1S/C15H17N5S/c1-11-10-12(2)19(18-11)9-8-14-16-17-15(21)20(14)13-6-4-3-5-7-13/h3-7,10H,8-9H2,1-2H3,(H,17,21). The number of rotatable bonds is 4. The van der Waals surface area contributed by atoms with Crippen molar-refractivity contribution >= 4 is 12.2 Å². The van der Waals surface area contributed by atoms with Gasteiger partial charge in [0.1, 0.15) is 5.82 Å². The second-order valence-electron chi connectivity index (χ2n) is 5.02. The summed E-state index contributed by atoms with van der Waals surface area (Å²) in [6, 6.07) is 12.1. The van der Waals surface area contributed by atoms with Gasteiger partial charge in [0.25, 0.3) is 0 Å². The molecule has 0 radical (unpaired) electrons. The highest BCUT2D eigenvalue weighted by Gasteiger charge is 2.09. The number of aryl methyl sites for hydroxylation is 4. The number of hydrogen-bond acceptors (Lipinski definition) is 3. The molecule has 0 aliphatic heterocycles. The average molecular weight is 299 g/mol. The van der Waals surface area contributed by atoms with Gasteiger partial charge in [-0.05, 0) is 44.3 Å². The Balaban J connectivity index is 1.87. The number of H-pyrrole nitrogens is 1. The molecule has 0 bridgehead atoms. The number of aromatic nitrogens is 5. The molecule has 1 N–H and O–H groups in total. The van der Waals surface area contributed by atoms with Crippen LogP contribution in [0.5, 0.6) is 0 Å². The summed E-state index contributed by atoms with van der Waals surface area (Å²) in [4.78, 5) is 0. The number of benzene rings is 1. The van der Waals surface area contributed by atoms with Gasteiger partial charge in [-0.2, -0.15) is 10.2 Å². The molecular formula is C15H17N5S. The molecule has 5 nitrogen and oxygen atoms in total. The van der Waals surface area contributed by atoms with E-state index in [0.29, 0.717) is 4.77 Å². The first kappa shape index (κ1) is 13.8. The second kappa shape index (κ2) is 5.65. The van der Waals surface area contributed by atoms with Crippen molar-refractivity contribution in [2.75, 3.05) is 0 Å². The predicted octanol–water partition coefficient (Wildman–Crippen LogP) is 2.99. The fourth-order valence-corrected chi connectivity index (χ4v) is 2.70. The molecule has 0 amide bonds. The Bertz CT molecular complexity index is 797. The fourth-order valence-electron chi connectivity index (χ4n) is 2.45. The van der Waals surface area contributed by atoms with Gasteiger partial charge in [-0.3, -0.25) is 14.3 Å². The molecule has 0 aliphatic carbocycles. The van der Waals surface area contributed by atoms with E-state index in [1.54, 1.807) is 0 Å². The highest BCUT2D eigenvalue weighted by Crippen LogP contribution is 2.12. The van der Waals surface area contributed by atoms with Crippen molar-refractivity contribution in [1.82, 2.24) is 24.5 Å². The molecule has 1 aromatic carbocycles. The lowest BCUT2D eigenvalue weighted by Crippen LogP contribution is -2.09. The van der Waals surface area contributed by atoms with Gasteiger partial charge in [0, 0.05) is 24.3 Å². The molecule has 0 unspecified atom stereocenters. The van der Waals surface area contributed by atoms with E-state index in [4.69, 9.17) is 12.2 Å². The van der Waals surface area contributed by atoms with Gasteiger partial charge in [-0.1, -0.05) is 18.2 Å². The largest absolute Gasteiger partial charge is 0.272 e. The van der Waals surface area contributed by atoms with Crippen molar-refractivity contribution in [3.8, 4) is 5.69 Å². The zero-order valence-electron chi connectivity index (χ0n) is 12.1. The Hall–Kier alpha value is -2.21. The molecule has 3 aromatic rings. The minimum atomic E-state index is 0.615. The number of nitrogens with one attached hydrogen (secondary N) is 1. The van der Waals surface area contributed by atoms with Crippen molar-refractivity contribution in [2.45, 2.75) is 26.8 Å². The van der Waals surface area contributed by atoms with E-state index >= 15 is 0 Å². The third-order valence-corrected chi connectivity index (χ3v) is 3.68. The van der Waals surface area contributed by atoms with E-state index in [9.17, 15) is 0 Å². The van der Waals surface area contributed by atoms with Crippen LogP contribution >= 0.6 is 12.2 Å². The van der Waals surface area contributed by atoms with E-state index < -0.39 is 0 Å². The van der Waals surface area contributed by atoms with Crippen molar-refractivity contribution < 1.29 is 0 Å². The van der Waals surface area contributed by atoms with Crippen LogP contribution in [0.25, 0.3) is 5.69 Å². The Morgan fingerprint density at radius 3 is 2.62 bits per heavy atom. The van der Waals surface area contributed by atoms with E-state index in [1.807, 2.05) is 46.5 Å². The molecule has 6 heteroatoms. The zero-order valence-corrected chi connectivity index (χ0v) is 12.9. The van der Waals surface area contributed by atoms with Crippen LogP contribution in [0.1, 0.15) is 17.2 Å². The van der Waals surface area contributed by atoms with Gasteiger partial charge in [0.15, 0.2) is 4.77 Å². The fraction of sp³-hybridized carbons (Fsp3) is 0.267. The maximum absolute atomic E-state index is 5.34. The molecule has 0 saturated carbocycles. The highest BCUT2D eigenvalue weighted by atomic mass is 32.1. The third-order valence-electron chi connectivity index (χ3n) is 3.41. The van der Waals surface area contributed by atoms with Crippen LogP contribution in [-0.4, -0.2) is 24.5 Å². The lowest BCUT2D eigenvalue weighted by molar-refractivity contribution is 0.577. The topological polar surface area (TPSA) is 51.4 Å². The van der Waals surface area contributed by atoms with Crippen LogP contribution in [0.4, 0.5) is 0 Å². The maximum Gasteiger partial charge on any atom is 0.199 e. The molecule has 0 fully saturated rings. The average Bonchev–Trinajstić information content (AvgIpc) is 3.00. The van der Waals surface area contributed by atoms with Crippen molar-refractivity contribution in [3.05, 3.63) is 58.4 Å². The van der Waals surface area contributed by atoms with Crippen LogP contribution < -0.4 is 0 Å². The van der Waals surface area contributed by atoms with Crippen molar-refractivity contribution in [3.63, 3.8) is 0 Å². The van der Waals surface area contributed by atoms with Crippen LogP contribution in [0, 0.1) is 18.6 Å². The van der Waals surface area contributed by atoms with Gasteiger partial charge >= 0.3 is 0 Å². The number of aromatic amines is 1. The minimum Gasteiger partial charge on any atom is -0.272 e. The first-order chi connectivity index (χ1) is 10.1. The monoisotopic (exact) mass is 299 g/mol. The summed E-state index contributed by atoms with van der Waals surface area (Å²) in [5.41, 5.74) is 3.22. The highest BCUT2D eigenvalue weighted by molar-refractivity contribution is 7.71. The molecule has 21 heavy (non-hydrogen) atoms. The normalized spacial score (nSPS) is 11.0. The van der Waals surface area contributed by atoms with Gasteiger partial charge < -0.3 is 0 Å². The van der Waals surface area contributed by atoms with Crippen LogP contribution in [0.15, 0.2) is 36.4 Å². The molecule has 2 heterocycles. The molecule has 0 saturated heterocycles. The molecule has 2 aromatic heterocycles. The Morgan fingerprint density at radius 1 is 1.19 bits per heavy atom. The van der Waals surface area contributed by atoms with Gasteiger partial charge in [-0.15, -0.1) is 0 Å². The smallest absolute Gasteiger partial charge is 0.199 e. The summed E-state index contributed by atoms with van der Waals surface area (Å²) < 4.78 is 4.59. The third kappa shape index (κ3) is 2.80. The van der Waals surface area contributed by atoms with E-state index in [-0.39, 0.29) is 0 Å². The summed E-state index contributed by atoms with van der Waals surface area (Å²) in [7, 11) is 0. The maximum atomic E-state index is 5.34. The number of hydrogen-bond donors (Lipinski definition) is 1. The molecule has 0 aliphatic rings. The summed E-state index contributed by atoms with van der Waals surface area (Å²) in [6.07, 6.45) is 0.768. The number of para-hydroxylation sites is 1. The molecule has 0 atom stereocenters. The lowest BCUT2D eigenvalue weighted by atomic mass is 10.3. The van der Waals surface area contributed by atoms with Crippen LogP contribution in [0.2, 0.25) is 0 Å². The second-order valence-corrected chi connectivity index (χ2v) is 5.40.